The second kappa shape index (κ2) is 8.32. The van der Waals surface area contributed by atoms with Crippen LogP contribution in [0.4, 0.5) is 8.78 Å². The van der Waals surface area contributed by atoms with Crippen LogP contribution in [0, 0.1) is 11.6 Å². The molecule has 1 atom stereocenters. The van der Waals surface area contributed by atoms with E-state index in [4.69, 9.17) is 0 Å². The Morgan fingerprint density at radius 2 is 2.00 bits per heavy atom. The molecule has 1 unspecified atom stereocenters. The van der Waals surface area contributed by atoms with Gasteiger partial charge in [0.2, 0.25) is 11.3 Å². The van der Waals surface area contributed by atoms with E-state index >= 15 is 0 Å². The summed E-state index contributed by atoms with van der Waals surface area (Å²) in [6, 6.07) is 3.29. The molecule has 0 saturated heterocycles. The van der Waals surface area contributed by atoms with Gasteiger partial charge in [-0.25, -0.2) is 13.8 Å². The number of rotatable bonds is 4. The summed E-state index contributed by atoms with van der Waals surface area (Å²) in [4.78, 5) is 46.4. The van der Waals surface area contributed by atoms with Gasteiger partial charge in [0.15, 0.2) is 11.4 Å². The summed E-state index contributed by atoms with van der Waals surface area (Å²) < 4.78 is 28.6. The third-order valence-electron chi connectivity index (χ3n) is 5.84. The van der Waals surface area contributed by atoms with Crippen LogP contribution in [-0.2, 0) is 16.8 Å². The predicted octanol–water partition coefficient (Wildman–Crippen LogP) is 2.44. The number of carbonyl (C=O) groups excluding carboxylic acids is 2. The summed E-state index contributed by atoms with van der Waals surface area (Å²) in [6.07, 6.45) is 2.96. The molecule has 11 heteroatoms. The topological polar surface area (TPSA) is 95.7 Å². The van der Waals surface area contributed by atoms with Gasteiger partial charge in [-0.15, -0.1) is 11.3 Å². The summed E-state index contributed by atoms with van der Waals surface area (Å²) in [5, 5.41) is 11.0. The van der Waals surface area contributed by atoms with E-state index in [0.717, 1.165) is 23.5 Å². The lowest BCUT2D eigenvalue weighted by Crippen LogP contribution is -2.58. The summed E-state index contributed by atoms with van der Waals surface area (Å²) >= 11 is 1.10. The molecule has 3 heterocycles. The zero-order valence-corrected chi connectivity index (χ0v) is 19.7. The molecule has 4 rings (SSSR count). The lowest BCUT2D eigenvalue weighted by atomic mass is 9.94. The van der Waals surface area contributed by atoms with Crippen LogP contribution in [0.1, 0.15) is 27.9 Å². The molecule has 8 nitrogen and oxygen atoms in total. The van der Waals surface area contributed by atoms with Crippen LogP contribution in [-0.4, -0.2) is 64.0 Å². The number of likely N-dealkylation sites (N-methyl/N-ethyl adjacent to an activating group) is 2. The van der Waals surface area contributed by atoms with Gasteiger partial charge in [-0.3, -0.25) is 14.4 Å². The number of hydrogen-bond acceptors (Lipinski definition) is 6. The van der Waals surface area contributed by atoms with Crippen molar-refractivity contribution in [3.63, 3.8) is 0 Å². The fraction of sp³-hybridized carbons (Fsp3) is 0.304. The standard InChI is InChI=1S/C23H22F2N4O4S/c1-23(22(33)27(2)3)11-28(4)21(32)17-19(31)18(30)15(10-29(17)23)20-26-9-14(34-20)7-12-5-6-13(24)8-16(12)25/h5-6,8-10,31H,7,11H2,1-4H3. The highest BCUT2D eigenvalue weighted by atomic mass is 32.1. The molecular weight excluding hydrogens is 466 g/mol. The molecule has 178 valence electrons. The van der Waals surface area contributed by atoms with Gasteiger partial charge in [-0.1, -0.05) is 6.07 Å². The number of benzene rings is 1. The quantitative estimate of drug-likeness (QED) is 0.609. The minimum absolute atomic E-state index is 0.00668. The first-order valence-electron chi connectivity index (χ1n) is 10.3. The molecule has 3 aromatic rings. The number of aromatic nitrogens is 2. The maximum atomic E-state index is 14.1. The van der Waals surface area contributed by atoms with E-state index in [0.29, 0.717) is 4.88 Å². The number of amides is 2. The Morgan fingerprint density at radius 3 is 2.65 bits per heavy atom. The molecule has 34 heavy (non-hydrogen) atoms. The molecule has 1 aromatic carbocycles. The van der Waals surface area contributed by atoms with Crippen molar-refractivity contribution in [3.8, 4) is 16.3 Å². The molecular formula is C23H22F2N4O4S. The van der Waals surface area contributed by atoms with Gasteiger partial charge in [0, 0.05) is 50.9 Å². The van der Waals surface area contributed by atoms with E-state index in [-0.39, 0.29) is 40.7 Å². The van der Waals surface area contributed by atoms with Crippen LogP contribution in [0.2, 0.25) is 0 Å². The van der Waals surface area contributed by atoms with Crippen molar-refractivity contribution in [1.29, 1.82) is 0 Å². The Hall–Kier alpha value is -3.60. The van der Waals surface area contributed by atoms with Crippen molar-refractivity contribution >= 4 is 23.2 Å². The summed E-state index contributed by atoms with van der Waals surface area (Å²) in [7, 11) is 4.65. The Morgan fingerprint density at radius 1 is 1.29 bits per heavy atom. The Labute approximate surface area is 197 Å². The maximum Gasteiger partial charge on any atom is 0.274 e. The number of carbonyl (C=O) groups is 2. The Balaban J connectivity index is 1.82. The molecule has 0 radical (unpaired) electrons. The van der Waals surface area contributed by atoms with E-state index in [1.54, 1.807) is 21.0 Å². The van der Waals surface area contributed by atoms with Crippen molar-refractivity contribution in [1.82, 2.24) is 19.4 Å². The third-order valence-corrected chi connectivity index (χ3v) is 6.87. The number of hydrogen-bond donors (Lipinski definition) is 1. The molecule has 2 aromatic heterocycles. The summed E-state index contributed by atoms with van der Waals surface area (Å²) in [5.74, 6) is -3.06. The normalized spacial score (nSPS) is 17.6. The fourth-order valence-electron chi connectivity index (χ4n) is 4.16. The Kier molecular flexibility index (Phi) is 5.76. The average molecular weight is 489 g/mol. The lowest BCUT2D eigenvalue weighted by Gasteiger charge is -2.42. The van der Waals surface area contributed by atoms with Crippen LogP contribution in [0.25, 0.3) is 10.6 Å². The molecule has 0 bridgehead atoms. The summed E-state index contributed by atoms with van der Waals surface area (Å²) in [5.41, 5.74) is -2.08. The van der Waals surface area contributed by atoms with Crippen molar-refractivity contribution in [2.45, 2.75) is 18.9 Å². The second-order valence-corrected chi connectivity index (χ2v) is 9.73. The maximum absolute atomic E-state index is 14.1. The van der Waals surface area contributed by atoms with Gasteiger partial charge >= 0.3 is 0 Å². The lowest BCUT2D eigenvalue weighted by molar-refractivity contribution is -0.138. The van der Waals surface area contributed by atoms with E-state index in [2.05, 4.69) is 4.98 Å². The fourth-order valence-corrected chi connectivity index (χ4v) is 5.10. The average Bonchev–Trinajstić information content (AvgIpc) is 3.23. The molecule has 1 aliphatic rings. The van der Waals surface area contributed by atoms with Gasteiger partial charge in [0.05, 0.1) is 12.1 Å². The molecule has 0 fully saturated rings. The number of pyridine rings is 1. The highest BCUT2D eigenvalue weighted by Gasteiger charge is 2.46. The van der Waals surface area contributed by atoms with Gasteiger partial charge in [-0.2, -0.15) is 0 Å². The zero-order valence-electron chi connectivity index (χ0n) is 18.9. The van der Waals surface area contributed by atoms with Gasteiger partial charge in [-0.05, 0) is 18.6 Å². The second-order valence-electron chi connectivity index (χ2n) is 8.62. The minimum Gasteiger partial charge on any atom is -0.503 e. The molecule has 0 saturated carbocycles. The molecule has 2 amide bonds. The van der Waals surface area contributed by atoms with E-state index in [1.165, 1.54) is 39.9 Å². The van der Waals surface area contributed by atoms with Gasteiger partial charge in [0.1, 0.15) is 22.2 Å². The molecule has 1 aliphatic heterocycles. The van der Waals surface area contributed by atoms with Crippen LogP contribution >= 0.6 is 11.3 Å². The summed E-state index contributed by atoms with van der Waals surface area (Å²) in [6.45, 7) is 1.66. The molecule has 0 spiro atoms. The SMILES string of the molecule is CN(C)C(=O)C1(C)CN(C)C(=O)c2c(O)c(=O)c(-c3ncc(Cc4ccc(F)cc4F)s3)cn21. The van der Waals surface area contributed by atoms with Crippen molar-refractivity contribution in [2.75, 3.05) is 27.7 Å². The first-order chi connectivity index (χ1) is 15.9. The first-order valence-corrected chi connectivity index (χ1v) is 11.1. The van der Waals surface area contributed by atoms with Crippen molar-refractivity contribution in [3.05, 3.63) is 68.6 Å². The predicted molar refractivity (Wildman–Crippen MR) is 122 cm³/mol. The smallest absolute Gasteiger partial charge is 0.274 e. The van der Waals surface area contributed by atoms with E-state index in [9.17, 15) is 28.3 Å². The molecule has 0 aliphatic carbocycles. The van der Waals surface area contributed by atoms with E-state index < -0.39 is 34.3 Å². The van der Waals surface area contributed by atoms with E-state index in [1.807, 2.05) is 0 Å². The Bertz CT molecular complexity index is 1380. The third kappa shape index (κ3) is 3.75. The number of halogens is 2. The van der Waals surface area contributed by atoms with Crippen molar-refractivity contribution in [2.24, 2.45) is 0 Å². The number of thiazole rings is 1. The van der Waals surface area contributed by atoms with Gasteiger partial charge in [0.25, 0.3) is 5.91 Å². The van der Waals surface area contributed by atoms with Crippen LogP contribution < -0.4 is 5.43 Å². The minimum atomic E-state index is -1.28. The number of nitrogens with zero attached hydrogens (tertiary/aromatic N) is 4. The molecule has 1 N–H and O–H groups in total. The highest BCUT2D eigenvalue weighted by Crippen LogP contribution is 2.34. The van der Waals surface area contributed by atoms with Crippen LogP contribution in [0.5, 0.6) is 5.75 Å². The largest absolute Gasteiger partial charge is 0.503 e. The van der Waals surface area contributed by atoms with Crippen LogP contribution in [0.15, 0.2) is 35.4 Å². The first kappa shape index (κ1) is 23.6. The number of aromatic hydroxyl groups is 1. The van der Waals surface area contributed by atoms with Crippen LogP contribution in [0.3, 0.4) is 0 Å². The number of fused-ring (bicyclic) bond motifs is 1. The highest BCUT2D eigenvalue weighted by molar-refractivity contribution is 7.15. The van der Waals surface area contributed by atoms with Gasteiger partial charge < -0.3 is 19.5 Å². The zero-order chi connectivity index (χ0) is 24.9. The monoisotopic (exact) mass is 488 g/mol. The van der Waals surface area contributed by atoms with Crippen molar-refractivity contribution < 1.29 is 23.5 Å².